The number of aliphatic carboxylic acids is 1. The van der Waals surface area contributed by atoms with Gasteiger partial charge in [0.2, 0.25) is 5.91 Å². The van der Waals surface area contributed by atoms with Crippen LogP contribution in [-0.4, -0.2) is 46.7 Å². The van der Waals surface area contributed by atoms with Crippen molar-refractivity contribution in [2.45, 2.75) is 44.9 Å². The SMILES string of the molecule is C=CCN(CCO)C(=O)CC1(CC(=O)O)CCCCC1. The summed E-state index contributed by atoms with van der Waals surface area (Å²) in [5.41, 5.74) is -0.407. The lowest BCUT2D eigenvalue weighted by atomic mass is 9.69. The molecule has 0 aromatic rings. The average molecular weight is 283 g/mol. The Morgan fingerprint density at radius 3 is 2.35 bits per heavy atom. The smallest absolute Gasteiger partial charge is 0.303 e. The van der Waals surface area contributed by atoms with Crippen LogP contribution in [0.2, 0.25) is 0 Å². The van der Waals surface area contributed by atoms with Crippen LogP contribution in [0, 0.1) is 5.41 Å². The Bertz CT molecular complexity index is 348. The molecular weight excluding hydrogens is 258 g/mol. The average Bonchev–Trinajstić information content (AvgIpc) is 2.38. The van der Waals surface area contributed by atoms with Gasteiger partial charge in [-0.3, -0.25) is 9.59 Å². The van der Waals surface area contributed by atoms with Crippen molar-refractivity contribution in [1.82, 2.24) is 4.90 Å². The van der Waals surface area contributed by atoms with Crippen LogP contribution in [0.1, 0.15) is 44.9 Å². The summed E-state index contributed by atoms with van der Waals surface area (Å²) in [6.07, 6.45) is 6.62. The number of carboxylic acids is 1. The van der Waals surface area contributed by atoms with Gasteiger partial charge in [-0.05, 0) is 18.3 Å². The third kappa shape index (κ3) is 4.96. The zero-order valence-corrected chi connectivity index (χ0v) is 12.0. The molecule has 0 unspecified atom stereocenters. The predicted molar refractivity (Wildman–Crippen MR) is 76.3 cm³/mol. The highest BCUT2D eigenvalue weighted by atomic mass is 16.4. The Kier molecular flexibility index (Phi) is 6.71. The third-order valence-corrected chi connectivity index (χ3v) is 4.04. The predicted octanol–water partition coefficient (Wildman–Crippen LogP) is 1.81. The van der Waals surface area contributed by atoms with Crippen molar-refractivity contribution < 1.29 is 19.8 Å². The standard InChI is InChI=1S/C15H25NO4/c1-2-8-16(9-10-17)13(18)11-15(12-14(19)20)6-4-3-5-7-15/h2,17H,1,3-12H2,(H,19,20). The van der Waals surface area contributed by atoms with E-state index in [4.69, 9.17) is 10.2 Å². The maximum Gasteiger partial charge on any atom is 0.303 e. The first-order valence-electron chi connectivity index (χ1n) is 7.24. The lowest BCUT2D eigenvalue weighted by Crippen LogP contribution is -2.39. The fourth-order valence-electron chi connectivity index (χ4n) is 3.07. The van der Waals surface area contributed by atoms with E-state index >= 15 is 0 Å². The van der Waals surface area contributed by atoms with Crippen molar-refractivity contribution in [1.29, 1.82) is 0 Å². The van der Waals surface area contributed by atoms with Gasteiger partial charge >= 0.3 is 5.97 Å². The third-order valence-electron chi connectivity index (χ3n) is 4.04. The van der Waals surface area contributed by atoms with Crippen molar-refractivity contribution in [3.05, 3.63) is 12.7 Å². The fraction of sp³-hybridized carbons (Fsp3) is 0.733. The van der Waals surface area contributed by atoms with Gasteiger partial charge in [-0.2, -0.15) is 0 Å². The first kappa shape index (κ1) is 16.7. The van der Waals surface area contributed by atoms with Crippen LogP contribution in [-0.2, 0) is 9.59 Å². The van der Waals surface area contributed by atoms with E-state index in [1.807, 2.05) is 0 Å². The fourth-order valence-corrected chi connectivity index (χ4v) is 3.07. The Morgan fingerprint density at radius 1 is 1.20 bits per heavy atom. The van der Waals surface area contributed by atoms with Gasteiger partial charge < -0.3 is 15.1 Å². The number of hydrogen-bond acceptors (Lipinski definition) is 3. The molecule has 20 heavy (non-hydrogen) atoms. The first-order valence-corrected chi connectivity index (χ1v) is 7.24. The lowest BCUT2D eigenvalue weighted by molar-refractivity contribution is -0.142. The van der Waals surface area contributed by atoms with Crippen molar-refractivity contribution in [2.24, 2.45) is 5.41 Å². The molecule has 5 nitrogen and oxygen atoms in total. The first-order chi connectivity index (χ1) is 9.53. The van der Waals surface area contributed by atoms with E-state index in [1.165, 1.54) is 0 Å². The molecule has 0 spiro atoms. The number of amides is 1. The van der Waals surface area contributed by atoms with Gasteiger partial charge in [-0.1, -0.05) is 25.3 Å². The molecule has 1 fully saturated rings. The molecule has 2 N–H and O–H groups in total. The van der Waals surface area contributed by atoms with E-state index in [0.717, 1.165) is 32.1 Å². The highest BCUT2D eigenvalue weighted by molar-refractivity contribution is 5.78. The number of rotatable bonds is 8. The van der Waals surface area contributed by atoms with Gasteiger partial charge in [0, 0.05) is 19.5 Å². The molecule has 0 heterocycles. The van der Waals surface area contributed by atoms with Gasteiger partial charge in [-0.25, -0.2) is 0 Å². The highest BCUT2D eigenvalue weighted by Crippen LogP contribution is 2.42. The number of carboxylic acid groups (broad SMARTS) is 1. The van der Waals surface area contributed by atoms with Gasteiger partial charge in [0.15, 0.2) is 0 Å². The normalized spacial score (nSPS) is 17.4. The van der Waals surface area contributed by atoms with Gasteiger partial charge in [0.25, 0.3) is 0 Å². The summed E-state index contributed by atoms with van der Waals surface area (Å²) >= 11 is 0. The molecule has 114 valence electrons. The minimum absolute atomic E-state index is 0.0554. The maximum absolute atomic E-state index is 12.4. The van der Waals surface area contributed by atoms with Crippen molar-refractivity contribution in [3.63, 3.8) is 0 Å². The zero-order chi connectivity index (χ0) is 15.0. The molecule has 0 radical (unpaired) electrons. The lowest BCUT2D eigenvalue weighted by Gasteiger charge is -2.37. The zero-order valence-electron chi connectivity index (χ0n) is 12.0. The van der Waals surface area contributed by atoms with Crippen LogP contribution >= 0.6 is 0 Å². The van der Waals surface area contributed by atoms with E-state index in [9.17, 15) is 9.59 Å². The van der Waals surface area contributed by atoms with E-state index in [-0.39, 0.29) is 31.9 Å². The van der Waals surface area contributed by atoms with Crippen LogP contribution in [0.4, 0.5) is 0 Å². The summed E-state index contributed by atoms with van der Waals surface area (Å²) < 4.78 is 0. The van der Waals surface area contributed by atoms with E-state index < -0.39 is 11.4 Å². The molecule has 0 saturated heterocycles. The summed E-state index contributed by atoms with van der Waals surface area (Å²) in [7, 11) is 0. The molecule has 1 aliphatic rings. The van der Waals surface area contributed by atoms with Crippen molar-refractivity contribution in [3.8, 4) is 0 Å². The van der Waals surface area contributed by atoms with Crippen LogP contribution < -0.4 is 0 Å². The summed E-state index contributed by atoms with van der Waals surface area (Å²) in [5.74, 6) is -0.917. The van der Waals surface area contributed by atoms with Crippen molar-refractivity contribution >= 4 is 11.9 Å². The number of hydrogen-bond donors (Lipinski definition) is 2. The molecule has 1 saturated carbocycles. The van der Waals surface area contributed by atoms with Crippen molar-refractivity contribution in [2.75, 3.05) is 19.7 Å². The van der Waals surface area contributed by atoms with Crippen LogP contribution in [0.15, 0.2) is 12.7 Å². The summed E-state index contributed by atoms with van der Waals surface area (Å²) in [6.45, 7) is 4.18. The number of carbonyl (C=O) groups excluding carboxylic acids is 1. The second kappa shape index (κ2) is 8.04. The molecule has 0 aromatic carbocycles. The summed E-state index contributed by atoms with van der Waals surface area (Å²) in [5, 5.41) is 18.1. The Balaban J connectivity index is 2.74. The van der Waals surface area contributed by atoms with E-state index in [1.54, 1.807) is 11.0 Å². The molecule has 1 amide bonds. The van der Waals surface area contributed by atoms with E-state index in [2.05, 4.69) is 6.58 Å². The van der Waals surface area contributed by atoms with E-state index in [0.29, 0.717) is 6.54 Å². The molecule has 0 atom stereocenters. The monoisotopic (exact) mass is 283 g/mol. The summed E-state index contributed by atoms with van der Waals surface area (Å²) in [4.78, 5) is 25.0. The molecule has 0 bridgehead atoms. The highest BCUT2D eigenvalue weighted by Gasteiger charge is 2.37. The van der Waals surface area contributed by atoms with Gasteiger partial charge in [0.1, 0.15) is 0 Å². The second-order valence-electron chi connectivity index (χ2n) is 5.66. The maximum atomic E-state index is 12.4. The second-order valence-corrected chi connectivity index (χ2v) is 5.66. The van der Waals surface area contributed by atoms with Gasteiger partial charge in [0.05, 0.1) is 13.0 Å². The number of aliphatic hydroxyl groups excluding tert-OH is 1. The minimum Gasteiger partial charge on any atom is -0.481 e. The Morgan fingerprint density at radius 2 is 1.85 bits per heavy atom. The molecular formula is C15H25NO4. The van der Waals surface area contributed by atoms with Crippen LogP contribution in [0.25, 0.3) is 0 Å². The Hall–Kier alpha value is -1.36. The number of carbonyl (C=O) groups is 2. The molecule has 1 aliphatic carbocycles. The molecule has 5 heteroatoms. The largest absolute Gasteiger partial charge is 0.481 e. The molecule has 0 aliphatic heterocycles. The van der Waals surface area contributed by atoms with Gasteiger partial charge in [-0.15, -0.1) is 6.58 Å². The quantitative estimate of drug-likeness (QED) is 0.666. The summed E-state index contributed by atoms with van der Waals surface area (Å²) in [6, 6.07) is 0. The number of aliphatic hydroxyl groups is 1. The Labute approximate surface area is 120 Å². The number of nitrogens with zero attached hydrogens (tertiary/aromatic N) is 1. The molecule has 1 rings (SSSR count). The van der Waals surface area contributed by atoms with Crippen LogP contribution in [0.3, 0.4) is 0 Å². The topological polar surface area (TPSA) is 77.8 Å². The molecule has 0 aromatic heterocycles. The minimum atomic E-state index is -0.836. The van der Waals surface area contributed by atoms with Crippen LogP contribution in [0.5, 0.6) is 0 Å².